The average molecular weight is 224 g/mol. The quantitative estimate of drug-likeness (QED) is 0.419. The second kappa shape index (κ2) is 12.0. The van der Waals surface area contributed by atoms with Crippen LogP contribution in [0.4, 0.5) is 0 Å². The zero-order valence-corrected chi connectivity index (χ0v) is 10.2. The number of allylic oxidation sites excluding steroid dienone is 3. The summed E-state index contributed by atoms with van der Waals surface area (Å²) in [5.74, 6) is -0.672. The third-order valence-corrected chi connectivity index (χ3v) is 2.53. The Morgan fingerprint density at radius 2 is 1.56 bits per heavy atom. The molecule has 0 unspecified atom stereocenters. The molecule has 0 aliphatic heterocycles. The summed E-state index contributed by atoms with van der Waals surface area (Å²) in [6.07, 6.45) is 15.5. The predicted molar refractivity (Wildman–Crippen MR) is 68.5 cm³/mol. The molecule has 0 radical (unpaired) electrons. The highest BCUT2D eigenvalue weighted by Crippen LogP contribution is 2.09. The van der Waals surface area contributed by atoms with Crippen LogP contribution < -0.4 is 0 Å². The van der Waals surface area contributed by atoms with Crippen molar-refractivity contribution in [2.75, 3.05) is 0 Å². The molecule has 0 amide bonds. The standard InChI is InChI=1S/C14H24O2/c1-2-3-4-5-6-7-8-9-10-11-12-13-14(15)16/h2-4H,1,5-13H2,(H,15,16). The highest BCUT2D eigenvalue weighted by Gasteiger charge is 1.96. The van der Waals surface area contributed by atoms with Crippen molar-refractivity contribution in [1.82, 2.24) is 0 Å². The van der Waals surface area contributed by atoms with E-state index in [0.29, 0.717) is 6.42 Å². The fourth-order valence-electron chi connectivity index (χ4n) is 1.61. The molecule has 1 N–H and O–H groups in total. The van der Waals surface area contributed by atoms with E-state index >= 15 is 0 Å². The number of rotatable bonds is 11. The van der Waals surface area contributed by atoms with E-state index in [9.17, 15) is 4.79 Å². The molecule has 0 fully saturated rings. The summed E-state index contributed by atoms with van der Waals surface area (Å²) in [5.41, 5.74) is 0. The number of hydrogen-bond acceptors (Lipinski definition) is 1. The summed E-state index contributed by atoms with van der Waals surface area (Å²) in [7, 11) is 0. The van der Waals surface area contributed by atoms with Gasteiger partial charge in [0.1, 0.15) is 0 Å². The average Bonchev–Trinajstić information content (AvgIpc) is 2.25. The number of hydrogen-bond donors (Lipinski definition) is 1. The van der Waals surface area contributed by atoms with Crippen molar-refractivity contribution in [3.8, 4) is 0 Å². The Morgan fingerprint density at radius 1 is 1.00 bits per heavy atom. The molecular weight excluding hydrogens is 200 g/mol. The van der Waals surface area contributed by atoms with Crippen LogP contribution in [0.2, 0.25) is 0 Å². The van der Waals surface area contributed by atoms with Crippen molar-refractivity contribution >= 4 is 5.97 Å². The third-order valence-electron chi connectivity index (χ3n) is 2.53. The van der Waals surface area contributed by atoms with E-state index in [1.54, 1.807) is 0 Å². The monoisotopic (exact) mass is 224 g/mol. The molecule has 0 aliphatic rings. The summed E-state index contributed by atoms with van der Waals surface area (Å²) in [4.78, 5) is 10.2. The van der Waals surface area contributed by atoms with Gasteiger partial charge in [-0.2, -0.15) is 0 Å². The van der Waals surface area contributed by atoms with E-state index in [0.717, 1.165) is 19.3 Å². The van der Waals surface area contributed by atoms with Gasteiger partial charge in [0.15, 0.2) is 0 Å². The Labute approximate surface area is 99.1 Å². The molecule has 0 aromatic carbocycles. The topological polar surface area (TPSA) is 37.3 Å². The number of carboxylic acid groups (broad SMARTS) is 1. The SMILES string of the molecule is C=CC=CCCCCCCCCCC(=O)O. The van der Waals surface area contributed by atoms with Crippen molar-refractivity contribution in [1.29, 1.82) is 0 Å². The van der Waals surface area contributed by atoms with Crippen molar-refractivity contribution in [2.24, 2.45) is 0 Å². The van der Waals surface area contributed by atoms with Crippen LogP contribution in [-0.2, 0) is 4.79 Å². The molecule has 2 heteroatoms. The molecule has 0 saturated carbocycles. The second-order valence-electron chi connectivity index (χ2n) is 4.07. The molecule has 0 aromatic heterocycles. The van der Waals surface area contributed by atoms with Gasteiger partial charge in [-0.3, -0.25) is 4.79 Å². The highest BCUT2D eigenvalue weighted by atomic mass is 16.4. The van der Waals surface area contributed by atoms with Gasteiger partial charge in [0, 0.05) is 6.42 Å². The van der Waals surface area contributed by atoms with E-state index in [1.165, 1.54) is 32.1 Å². The van der Waals surface area contributed by atoms with Crippen LogP contribution >= 0.6 is 0 Å². The Morgan fingerprint density at radius 3 is 2.12 bits per heavy atom. The molecular formula is C14H24O2. The molecule has 0 heterocycles. The normalized spacial score (nSPS) is 10.8. The van der Waals surface area contributed by atoms with Crippen LogP contribution in [0.3, 0.4) is 0 Å². The van der Waals surface area contributed by atoms with Gasteiger partial charge in [-0.1, -0.05) is 56.9 Å². The van der Waals surface area contributed by atoms with E-state index in [4.69, 9.17) is 5.11 Å². The number of carboxylic acids is 1. The maximum absolute atomic E-state index is 10.2. The van der Waals surface area contributed by atoms with Crippen LogP contribution in [0.25, 0.3) is 0 Å². The minimum absolute atomic E-state index is 0.326. The number of unbranched alkanes of at least 4 members (excludes halogenated alkanes) is 7. The van der Waals surface area contributed by atoms with Gasteiger partial charge in [-0.15, -0.1) is 0 Å². The summed E-state index contributed by atoms with van der Waals surface area (Å²) >= 11 is 0. The molecule has 0 saturated heterocycles. The molecule has 92 valence electrons. The van der Waals surface area contributed by atoms with Crippen LogP contribution in [0.15, 0.2) is 24.8 Å². The van der Waals surface area contributed by atoms with Gasteiger partial charge < -0.3 is 5.11 Å². The molecule has 0 rings (SSSR count). The molecule has 16 heavy (non-hydrogen) atoms. The number of aliphatic carboxylic acids is 1. The maximum Gasteiger partial charge on any atom is 0.303 e. The van der Waals surface area contributed by atoms with Crippen molar-refractivity contribution in [3.05, 3.63) is 24.8 Å². The highest BCUT2D eigenvalue weighted by molar-refractivity contribution is 5.66. The lowest BCUT2D eigenvalue weighted by Crippen LogP contribution is -1.93. The molecule has 0 bridgehead atoms. The zero-order chi connectivity index (χ0) is 12.1. The van der Waals surface area contributed by atoms with E-state index in [1.807, 2.05) is 12.2 Å². The third kappa shape index (κ3) is 12.9. The van der Waals surface area contributed by atoms with Crippen molar-refractivity contribution in [3.63, 3.8) is 0 Å². The van der Waals surface area contributed by atoms with Crippen molar-refractivity contribution < 1.29 is 9.90 Å². The lowest BCUT2D eigenvalue weighted by atomic mass is 10.1. The van der Waals surface area contributed by atoms with Gasteiger partial charge in [-0.25, -0.2) is 0 Å². The fraction of sp³-hybridized carbons (Fsp3) is 0.643. The number of carbonyl (C=O) groups is 1. The van der Waals surface area contributed by atoms with E-state index in [-0.39, 0.29) is 0 Å². The molecule has 0 spiro atoms. The van der Waals surface area contributed by atoms with Gasteiger partial charge in [0.2, 0.25) is 0 Å². The zero-order valence-electron chi connectivity index (χ0n) is 10.2. The lowest BCUT2D eigenvalue weighted by Gasteiger charge is -1.99. The minimum Gasteiger partial charge on any atom is -0.481 e. The van der Waals surface area contributed by atoms with Crippen LogP contribution in [0.5, 0.6) is 0 Å². The Hall–Kier alpha value is -1.05. The predicted octanol–water partition coefficient (Wildman–Crippen LogP) is 4.32. The summed E-state index contributed by atoms with van der Waals surface area (Å²) < 4.78 is 0. The first-order chi connectivity index (χ1) is 7.77. The maximum atomic E-state index is 10.2. The van der Waals surface area contributed by atoms with Crippen LogP contribution in [-0.4, -0.2) is 11.1 Å². The largest absolute Gasteiger partial charge is 0.481 e. The van der Waals surface area contributed by atoms with Gasteiger partial charge >= 0.3 is 5.97 Å². The molecule has 0 aromatic rings. The Balaban J connectivity index is 3.01. The Bertz CT molecular complexity index is 207. The van der Waals surface area contributed by atoms with Crippen LogP contribution in [0.1, 0.15) is 57.8 Å². The molecule has 2 nitrogen and oxygen atoms in total. The molecule has 0 atom stereocenters. The second-order valence-corrected chi connectivity index (χ2v) is 4.07. The first-order valence-corrected chi connectivity index (χ1v) is 6.26. The van der Waals surface area contributed by atoms with E-state index in [2.05, 4.69) is 12.7 Å². The smallest absolute Gasteiger partial charge is 0.303 e. The summed E-state index contributed by atoms with van der Waals surface area (Å²) in [6, 6.07) is 0. The summed E-state index contributed by atoms with van der Waals surface area (Å²) in [6.45, 7) is 3.62. The van der Waals surface area contributed by atoms with E-state index < -0.39 is 5.97 Å². The summed E-state index contributed by atoms with van der Waals surface area (Å²) in [5, 5.41) is 8.44. The first-order valence-electron chi connectivity index (χ1n) is 6.26. The fourth-order valence-corrected chi connectivity index (χ4v) is 1.61. The molecule has 0 aliphatic carbocycles. The van der Waals surface area contributed by atoms with Gasteiger partial charge in [-0.05, 0) is 19.3 Å². The van der Waals surface area contributed by atoms with Gasteiger partial charge in [0.05, 0.1) is 0 Å². The lowest BCUT2D eigenvalue weighted by molar-refractivity contribution is -0.137. The minimum atomic E-state index is -0.672. The van der Waals surface area contributed by atoms with Crippen molar-refractivity contribution in [2.45, 2.75) is 57.8 Å². The van der Waals surface area contributed by atoms with Crippen LogP contribution in [0, 0.1) is 0 Å². The Kier molecular flexibility index (Phi) is 11.2. The van der Waals surface area contributed by atoms with Gasteiger partial charge in [0.25, 0.3) is 0 Å². The first kappa shape index (κ1) is 14.9.